The van der Waals surface area contributed by atoms with E-state index in [2.05, 4.69) is 43.8 Å². The van der Waals surface area contributed by atoms with Gasteiger partial charge in [-0.1, -0.05) is 42.5 Å². The second-order valence-electron chi connectivity index (χ2n) is 3.78. The molecule has 1 atom stereocenters. The molecule has 0 aliphatic rings. The minimum absolute atomic E-state index is 0.0875. The Kier molecular flexibility index (Phi) is 2.57. The molecule has 2 N–H and O–H groups in total. The molecule has 0 aliphatic heterocycles. The van der Waals surface area contributed by atoms with Crippen LogP contribution in [-0.4, -0.2) is 0 Å². The fourth-order valence-corrected chi connectivity index (χ4v) is 1.89. The van der Waals surface area contributed by atoms with Crippen LogP contribution in [0.25, 0.3) is 10.8 Å². The zero-order valence-electron chi connectivity index (χ0n) is 8.90. The van der Waals surface area contributed by atoms with Crippen molar-refractivity contribution in [3.05, 3.63) is 60.2 Å². The van der Waals surface area contributed by atoms with Crippen molar-refractivity contribution in [2.24, 2.45) is 5.73 Å². The molecule has 0 spiro atoms. The van der Waals surface area contributed by atoms with Crippen LogP contribution in [0.15, 0.2) is 49.1 Å². The molecule has 1 heteroatoms. The summed E-state index contributed by atoms with van der Waals surface area (Å²) in [5.74, 6) is 0. The first-order valence-electron chi connectivity index (χ1n) is 5.10. The Labute approximate surface area is 90.2 Å². The topological polar surface area (TPSA) is 26.0 Å². The molecule has 2 rings (SSSR count). The lowest BCUT2D eigenvalue weighted by Gasteiger charge is -2.12. The molecule has 0 aliphatic carbocycles. The van der Waals surface area contributed by atoms with Crippen LogP contribution in [0.2, 0.25) is 0 Å². The first-order valence-corrected chi connectivity index (χ1v) is 5.10. The fourth-order valence-electron chi connectivity index (χ4n) is 1.89. The van der Waals surface area contributed by atoms with Crippen molar-refractivity contribution < 1.29 is 0 Å². The third-order valence-electron chi connectivity index (χ3n) is 2.79. The zero-order chi connectivity index (χ0) is 10.8. The Bertz CT molecular complexity index is 500. The molecule has 0 saturated heterocycles. The van der Waals surface area contributed by atoms with Gasteiger partial charge in [0, 0.05) is 6.04 Å². The average molecular weight is 197 g/mol. The fraction of sp³-hybridized carbons (Fsp3) is 0.143. The van der Waals surface area contributed by atoms with Crippen molar-refractivity contribution in [1.29, 1.82) is 0 Å². The summed E-state index contributed by atoms with van der Waals surface area (Å²) in [7, 11) is 0. The smallest absolute Gasteiger partial charge is 0.0484 e. The standard InChI is InChI=1S/C14H15N/c1-3-14(15)13-9-8-10(2)11-6-4-5-7-12(11)13/h3-9,14H,1,15H2,2H3/t14-/m1/s1. The Morgan fingerprint density at radius 3 is 2.47 bits per heavy atom. The summed E-state index contributed by atoms with van der Waals surface area (Å²) >= 11 is 0. The average Bonchev–Trinajstić information content (AvgIpc) is 2.29. The third kappa shape index (κ3) is 1.66. The van der Waals surface area contributed by atoms with Gasteiger partial charge in [-0.05, 0) is 28.8 Å². The quantitative estimate of drug-likeness (QED) is 0.734. The van der Waals surface area contributed by atoms with E-state index in [0.717, 1.165) is 5.56 Å². The van der Waals surface area contributed by atoms with Gasteiger partial charge in [-0.25, -0.2) is 0 Å². The van der Waals surface area contributed by atoms with Crippen LogP contribution < -0.4 is 5.73 Å². The van der Waals surface area contributed by atoms with Crippen molar-refractivity contribution in [3.8, 4) is 0 Å². The number of hydrogen-bond acceptors (Lipinski definition) is 1. The van der Waals surface area contributed by atoms with Crippen LogP contribution >= 0.6 is 0 Å². The Hall–Kier alpha value is -1.60. The van der Waals surface area contributed by atoms with Crippen molar-refractivity contribution in [2.45, 2.75) is 13.0 Å². The summed E-state index contributed by atoms with van der Waals surface area (Å²) in [6.45, 7) is 5.86. The number of benzene rings is 2. The van der Waals surface area contributed by atoms with Gasteiger partial charge in [-0.15, -0.1) is 6.58 Å². The summed E-state index contributed by atoms with van der Waals surface area (Å²) in [5.41, 5.74) is 8.42. The number of rotatable bonds is 2. The minimum atomic E-state index is -0.0875. The first kappa shape index (κ1) is 9.94. The van der Waals surface area contributed by atoms with E-state index < -0.39 is 0 Å². The predicted octanol–water partition coefficient (Wildman–Crippen LogP) is 3.33. The Morgan fingerprint density at radius 2 is 1.80 bits per heavy atom. The normalized spacial score (nSPS) is 12.7. The lowest BCUT2D eigenvalue weighted by Crippen LogP contribution is -2.07. The summed E-state index contributed by atoms with van der Waals surface area (Å²) in [5, 5.41) is 2.50. The summed E-state index contributed by atoms with van der Waals surface area (Å²) in [6, 6.07) is 12.4. The molecule has 0 aromatic heterocycles. The third-order valence-corrected chi connectivity index (χ3v) is 2.79. The van der Waals surface area contributed by atoms with Crippen molar-refractivity contribution in [2.75, 3.05) is 0 Å². The summed E-state index contributed by atoms with van der Waals surface area (Å²) in [6.07, 6.45) is 1.77. The van der Waals surface area contributed by atoms with E-state index >= 15 is 0 Å². The first-order chi connectivity index (χ1) is 7.24. The van der Waals surface area contributed by atoms with Gasteiger partial charge in [0.15, 0.2) is 0 Å². The highest BCUT2D eigenvalue weighted by Gasteiger charge is 2.07. The second-order valence-corrected chi connectivity index (χ2v) is 3.78. The minimum Gasteiger partial charge on any atom is -0.321 e. The van der Waals surface area contributed by atoms with Crippen LogP contribution in [0.1, 0.15) is 17.2 Å². The van der Waals surface area contributed by atoms with Crippen LogP contribution in [0.4, 0.5) is 0 Å². The lowest BCUT2D eigenvalue weighted by molar-refractivity contribution is 0.925. The van der Waals surface area contributed by atoms with Gasteiger partial charge in [0.25, 0.3) is 0 Å². The number of hydrogen-bond donors (Lipinski definition) is 1. The Balaban J connectivity index is 2.77. The molecule has 0 radical (unpaired) electrons. The van der Waals surface area contributed by atoms with Gasteiger partial charge in [-0.3, -0.25) is 0 Å². The summed E-state index contributed by atoms with van der Waals surface area (Å²) in [4.78, 5) is 0. The van der Waals surface area contributed by atoms with Crippen LogP contribution in [0, 0.1) is 6.92 Å². The highest BCUT2D eigenvalue weighted by Crippen LogP contribution is 2.26. The molecule has 2 aromatic carbocycles. The molecule has 0 bridgehead atoms. The molecule has 0 saturated carbocycles. The zero-order valence-corrected chi connectivity index (χ0v) is 8.90. The monoisotopic (exact) mass is 197 g/mol. The highest BCUT2D eigenvalue weighted by molar-refractivity contribution is 5.89. The molecule has 76 valence electrons. The second kappa shape index (κ2) is 3.87. The molecule has 1 nitrogen and oxygen atoms in total. The largest absolute Gasteiger partial charge is 0.321 e. The van der Waals surface area contributed by atoms with Gasteiger partial charge in [-0.2, -0.15) is 0 Å². The molecule has 0 fully saturated rings. The van der Waals surface area contributed by atoms with E-state index in [0.29, 0.717) is 0 Å². The van der Waals surface area contributed by atoms with Crippen LogP contribution in [0.5, 0.6) is 0 Å². The molecule has 2 aromatic rings. The van der Waals surface area contributed by atoms with E-state index in [1.807, 2.05) is 6.07 Å². The van der Waals surface area contributed by atoms with Crippen LogP contribution in [0.3, 0.4) is 0 Å². The maximum Gasteiger partial charge on any atom is 0.0484 e. The summed E-state index contributed by atoms with van der Waals surface area (Å²) < 4.78 is 0. The lowest BCUT2D eigenvalue weighted by atomic mass is 9.96. The van der Waals surface area contributed by atoms with Gasteiger partial charge < -0.3 is 5.73 Å². The molecule has 0 unspecified atom stereocenters. The molecule has 0 amide bonds. The SMILES string of the molecule is C=C[C@@H](N)c1ccc(C)c2ccccc12. The van der Waals surface area contributed by atoms with Crippen molar-refractivity contribution in [3.63, 3.8) is 0 Å². The number of aryl methyl sites for hydroxylation is 1. The number of fused-ring (bicyclic) bond motifs is 1. The van der Waals surface area contributed by atoms with E-state index in [9.17, 15) is 0 Å². The van der Waals surface area contributed by atoms with Gasteiger partial charge in [0.1, 0.15) is 0 Å². The van der Waals surface area contributed by atoms with E-state index in [1.165, 1.54) is 16.3 Å². The van der Waals surface area contributed by atoms with E-state index in [4.69, 9.17) is 5.73 Å². The highest BCUT2D eigenvalue weighted by atomic mass is 14.6. The maximum atomic E-state index is 5.99. The molecular weight excluding hydrogens is 182 g/mol. The molecular formula is C14H15N. The maximum absolute atomic E-state index is 5.99. The Morgan fingerprint density at radius 1 is 1.13 bits per heavy atom. The van der Waals surface area contributed by atoms with Gasteiger partial charge >= 0.3 is 0 Å². The van der Waals surface area contributed by atoms with Crippen LogP contribution in [-0.2, 0) is 0 Å². The van der Waals surface area contributed by atoms with Gasteiger partial charge in [0.2, 0.25) is 0 Å². The van der Waals surface area contributed by atoms with E-state index in [-0.39, 0.29) is 6.04 Å². The van der Waals surface area contributed by atoms with Crippen molar-refractivity contribution in [1.82, 2.24) is 0 Å². The predicted molar refractivity (Wildman–Crippen MR) is 65.8 cm³/mol. The molecule has 0 heterocycles. The number of nitrogens with two attached hydrogens (primary N) is 1. The van der Waals surface area contributed by atoms with Crippen molar-refractivity contribution >= 4 is 10.8 Å². The van der Waals surface area contributed by atoms with Gasteiger partial charge in [0.05, 0.1) is 0 Å². The van der Waals surface area contributed by atoms with E-state index in [1.54, 1.807) is 6.08 Å². The molecule has 15 heavy (non-hydrogen) atoms.